The molecule has 2 amide bonds. The van der Waals surface area contributed by atoms with Crippen LogP contribution in [0.15, 0.2) is 94.6 Å². The molecule has 0 saturated heterocycles. The van der Waals surface area contributed by atoms with Crippen LogP contribution in [0.4, 0.5) is 20.6 Å². The molecule has 0 fully saturated rings. The Hall–Kier alpha value is -4.46. The molecule has 4 aromatic rings. The summed E-state index contributed by atoms with van der Waals surface area (Å²) in [6, 6.07) is 21.8. The van der Waals surface area contributed by atoms with Gasteiger partial charge in [0.05, 0.1) is 12.2 Å². The Morgan fingerprint density at radius 1 is 0.912 bits per heavy atom. The molecular formula is C26H23FN4O3. The Labute approximate surface area is 195 Å². The van der Waals surface area contributed by atoms with Gasteiger partial charge < -0.3 is 0 Å². The van der Waals surface area contributed by atoms with E-state index >= 15 is 0 Å². The fourth-order valence-corrected chi connectivity index (χ4v) is 3.68. The second kappa shape index (κ2) is 9.58. The Bertz CT molecular complexity index is 1430. The molecule has 4 rings (SSSR count). The lowest BCUT2D eigenvalue weighted by molar-refractivity contribution is 0.253. The summed E-state index contributed by atoms with van der Waals surface area (Å²) in [6.45, 7) is 0.281. The molecular weight excluding hydrogens is 435 g/mol. The number of aromatic nitrogens is 2. The summed E-state index contributed by atoms with van der Waals surface area (Å²) in [5.74, 6) is -0.381. The summed E-state index contributed by atoms with van der Waals surface area (Å²) in [6.07, 6.45) is 1.44. The minimum Gasteiger partial charge on any atom is -0.297 e. The molecule has 1 heterocycles. The van der Waals surface area contributed by atoms with Gasteiger partial charge in [0.15, 0.2) is 0 Å². The fraction of sp³-hybridized carbons (Fsp3) is 0.115. The van der Waals surface area contributed by atoms with Crippen molar-refractivity contribution in [3.63, 3.8) is 0 Å². The maximum absolute atomic E-state index is 14.0. The van der Waals surface area contributed by atoms with Crippen molar-refractivity contribution in [1.82, 2.24) is 9.55 Å². The number of hydrogen-bond acceptors (Lipinski definition) is 3. The lowest BCUT2D eigenvalue weighted by Gasteiger charge is -2.27. The van der Waals surface area contributed by atoms with E-state index in [1.165, 1.54) is 38.8 Å². The smallest absolute Gasteiger partial charge is 0.297 e. The highest BCUT2D eigenvalue weighted by Gasteiger charge is 2.20. The van der Waals surface area contributed by atoms with E-state index in [2.05, 4.69) is 4.98 Å². The average molecular weight is 458 g/mol. The van der Waals surface area contributed by atoms with Gasteiger partial charge in [-0.25, -0.2) is 14.0 Å². The molecule has 3 aromatic carbocycles. The van der Waals surface area contributed by atoms with Gasteiger partial charge in [-0.1, -0.05) is 42.5 Å². The predicted molar refractivity (Wildman–Crippen MR) is 131 cm³/mol. The van der Waals surface area contributed by atoms with Crippen LogP contribution in [0.3, 0.4) is 0 Å². The molecule has 1 N–H and O–H groups in total. The lowest BCUT2D eigenvalue weighted by Crippen LogP contribution is -2.39. The summed E-state index contributed by atoms with van der Waals surface area (Å²) in [4.78, 5) is 41.6. The summed E-state index contributed by atoms with van der Waals surface area (Å²) in [5.41, 5.74) is 2.55. The van der Waals surface area contributed by atoms with Crippen molar-refractivity contribution < 1.29 is 9.18 Å². The first-order valence-corrected chi connectivity index (χ1v) is 10.6. The van der Waals surface area contributed by atoms with Gasteiger partial charge in [0.2, 0.25) is 0 Å². The molecule has 0 spiro atoms. The summed E-state index contributed by atoms with van der Waals surface area (Å²) in [5, 5.41) is 0. The third-order valence-electron chi connectivity index (χ3n) is 5.55. The van der Waals surface area contributed by atoms with E-state index in [-0.39, 0.29) is 18.4 Å². The number of halogens is 1. The zero-order chi connectivity index (χ0) is 24.2. The van der Waals surface area contributed by atoms with Gasteiger partial charge >= 0.3 is 11.7 Å². The molecule has 0 unspecified atom stereocenters. The molecule has 0 radical (unpaired) electrons. The van der Waals surface area contributed by atoms with E-state index in [9.17, 15) is 18.8 Å². The molecule has 0 aliphatic carbocycles. The van der Waals surface area contributed by atoms with E-state index in [0.717, 1.165) is 11.1 Å². The van der Waals surface area contributed by atoms with Crippen LogP contribution in [0.1, 0.15) is 5.56 Å². The minimum atomic E-state index is -0.487. The van der Waals surface area contributed by atoms with Crippen LogP contribution in [0.2, 0.25) is 0 Å². The normalized spacial score (nSPS) is 10.7. The number of carbonyl (C=O) groups is 1. The zero-order valence-corrected chi connectivity index (χ0v) is 18.7. The van der Waals surface area contributed by atoms with E-state index in [4.69, 9.17) is 0 Å². The third kappa shape index (κ3) is 4.80. The molecule has 7 nitrogen and oxygen atoms in total. The van der Waals surface area contributed by atoms with Crippen LogP contribution in [0, 0.1) is 5.82 Å². The van der Waals surface area contributed by atoms with E-state index in [1.54, 1.807) is 32.3 Å². The van der Waals surface area contributed by atoms with Crippen LogP contribution in [0.25, 0.3) is 11.1 Å². The van der Waals surface area contributed by atoms with Gasteiger partial charge in [-0.15, -0.1) is 0 Å². The SMILES string of the molecule is CN(C(=O)N(C)c1ccc(F)cc1-c1ccccc1)c1ccc(Cn2ccc(=O)[nH]c2=O)cc1. The van der Waals surface area contributed by atoms with Crippen molar-refractivity contribution in [1.29, 1.82) is 0 Å². The highest BCUT2D eigenvalue weighted by molar-refractivity contribution is 6.05. The molecule has 0 bridgehead atoms. The number of H-pyrrole nitrogens is 1. The van der Waals surface area contributed by atoms with Crippen molar-refractivity contribution in [2.75, 3.05) is 23.9 Å². The molecule has 0 atom stereocenters. The standard InChI is InChI=1S/C26H23FN4O3/c1-29(21-11-8-18(9-12-21)17-31-15-14-24(32)28-25(31)33)26(34)30(2)23-13-10-20(27)16-22(23)19-6-4-3-5-7-19/h3-16H,17H2,1-2H3,(H,28,32,33). The summed E-state index contributed by atoms with van der Waals surface area (Å²) in [7, 11) is 3.31. The Balaban J connectivity index is 1.55. The highest BCUT2D eigenvalue weighted by Crippen LogP contribution is 2.32. The summed E-state index contributed by atoms with van der Waals surface area (Å²) < 4.78 is 15.4. The Kier molecular flexibility index (Phi) is 6.40. The third-order valence-corrected chi connectivity index (χ3v) is 5.55. The average Bonchev–Trinajstić information content (AvgIpc) is 2.85. The van der Waals surface area contributed by atoms with Crippen LogP contribution in [-0.4, -0.2) is 29.7 Å². The number of anilines is 2. The maximum atomic E-state index is 14.0. The number of carbonyl (C=O) groups excluding carboxylic acids is 1. The number of benzene rings is 3. The Morgan fingerprint density at radius 3 is 2.29 bits per heavy atom. The van der Waals surface area contributed by atoms with E-state index < -0.39 is 11.2 Å². The minimum absolute atomic E-state index is 0.281. The number of nitrogens with zero attached hydrogens (tertiary/aromatic N) is 3. The second-order valence-electron chi connectivity index (χ2n) is 7.83. The van der Waals surface area contributed by atoms with Crippen LogP contribution >= 0.6 is 0 Å². The van der Waals surface area contributed by atoms with Gasteiger partial charge in [-0.2, -0.15) is 0 Å². The molecule has 0 aliphatic heterocycles. The summed E-state index contributed by atoms with van der Waals surface area (Å²) >= 11 is 0. The molecule has 0 aliphatic rings. The first-order valence-electron chi connectivity index (χ1n) is 10.6. The van der Waals surface area contributed by atoms with Gasteiger partial charge in [0.1, 0.15) is 5.82 Å². The van der Waals surface area contributed by atoms with Crippen molar-refractivity contribution in [3.8, 4) is 11.1 Å². The molecule has 1 aromatic heterocycles. The Morgan fingerprint density at radius 2 is 1.62 bits per heavy atom. The lowest BCUT2D eigenvalue weighted by atomic mass is 10.0. The van der Waals surface area contributed by atoms with Crippen LogP contribution in [0.5, 0.6) is 0 Å². The molecule has 8 heteroatoms. The molecule has 172 valence electrons. The molecule has 0 saturated carbocycles. The van der Waals surface area contributed by atoms with Crippen molar-refractivity contribution in [2.45, 2.75) is 6.54 Å². The van der Waals surface area contributed by atoms with E-state index in [0.29, 0.717) is 16.9 Å². The van der Waals surface area contributed by atoms with Crippen molar-refractivity contribution >= 4 is 17.4 Å². The van der Waals surface area contributed by atoms with Crippen molar-refractivity contribution in [3.05, 3.63) is 117 Å². The number of urea groups is 1. The van der Waals surface area contributed by atoms with Gasteiger partial charge in [-0.05, 0) is 41.5 Å². The first-order chi connectivity index (χ1) is 16.3. The largest absolute Gasteiger partial charge is 0.328 e. The van der Waals surface area contributed by atoms with Gasteiger partial charge in [0.25, 0.3) is 5.56 Å². The monoisotopic (exact) mass is 458 g/mol. The first kappa shape index (κ1) is 22.7. The zero-order valence-electron chi connectivity index (χ0n) is 18.7. The number of aromatic amines is 1. The highest BCUT2D eigenvalue weighted by atomic mass is 19.1. The van der Waals surface area contributed by atoms with Crippen LogP contribution in [-0.2, 0) is 6.54 Å². The van der Waals surface area contributed by atoms with E-state index in [1.807, 2.05) is 42.5 Å². The molecule has 34 heavy (non-hydrogen) atoms. The fourth-order valence-electron chi connectivity index (χ4n) is 3.68. The number of nitrogens with one attached hydrogen (secondary N) is 1. The maximum Gasteiger partial charge on any atom is 0.328 e. The second-order valence-corrected chi connectivity index (χ2v) is 7.83. The predicted octanol–water partition coefficient (Wildman–Crippen LogP) is 4.08. The van der Waals surface area contributed by atoms with Crippen molar-refractivity contribution in [2.24, 2.45) is 0 Å². The number of rotatable bonds is 5. The number of amides is 2. The topological polar surface area (TPSA) is 78.4 Å². The number of hydrogen-bond donors (Lipinski definition) is 1. The van der Waals surface area contributed by atoms with Gasteiger partial charge in [0, 0.05) is 37.6 Å². The van der Waals surface area contributed by atoms with Crippen LogP contribution < -0.4 is 21.0 Å². The quantitative estimate of drug-likeness (QED) is 0.490. The van der Waals surface area contributed by atoms with Gasteiger partial charge in [-0.3, -0.25) is 24.1 Å².